The van der Waals surface area contributed by atoms with E-state index in [0.717, 1.165) is 31.2 Å². The molecule has 0 bridgehead atoms. The second-order valence-corrected chi connectivity index (χ2v) is 6.24. The lowest BCUT2D eigenvalue weighted by atomic mass is 10.0. The van der Waals surface area contributed by atoms with Crippen LogP contribution in [0.1, 0.15) is 50.0 Å². The largest absolute Gasteiger partial charge is 0.338 e. The predicted octanol–water partition coefficient (Wildman–Crippen LogP) is 3.61. The van der Waals surface area contributed by atoms with Crippen LogP contribution in [-0.4, -0.2) is 21.6 Å². The number of nitrogens with zero attached hydrogens (tertiary/aromatic N) is 3. The third-order valence-corrected chi connectivity index (χ3v) is 3.99. The summed E-state index contributed by atoms with van der Waals surface area (Å²) in [4.78, 5) is 6.97. The molecule has 0 saturated carbocycles. The Labute approximate surface area is 126 Å². The molecule has 3 rings (SSSR count). The maximum absolute atomic E-state index is 5.41. The minimum atomic E-state index is 0.478. The Morgan fingerprint density at radius 2 is 2.10 bits per heavy atom. The maximum atomic E-state index is 5.41. The molecule has 0 spiro atoms. The van der Waals surface area contributed by atoms with Gasteiger partial charge in [-0.1, -0.05) is 49.3 Å². The average Bonchev–Trinajstić information content (AvgIpc) is 3.09. The lowest BCUT2D eigenvalue weighted by Gasteiger charge is -2.23. The Balaban J connectivity index is 1.67. The summed E-state index contributed by atoms with van der Waals surface area (Å²) in [5.41, 5.74) is 1.39. The van der Waals surface area contributed by atoms with Gasteiger partial charge in [-0.25, -0.2) is 0 Å². The first-order valence-electron chi connectivity index (χ1n) is 7.83. The molecule has 1 saturated heterocycles. The van der Waals surface area contributed by atoms with Gasteiger partial charge in [0.2, 0.25) is 5.89 Å². The molecule has 112 valence electrons. The van der Waals surface area contributed by atoms with E-state index in [1.807, 2.05) is 0 Å². The van der Waals surface area contributed by atoms with Crippen LogP contribution in [0.15, 0.2) is 34.9 Å². The summed E-state index contributed by atoms with van der Waals surface area (Å²) >= 11 is 0. The van der Waals surface area contributed by atoms with Crippen molar-refractivity contribution < 1.29 is 4.52 Å². The van der Waals surface area contributed by atoms with Gasteiger partial charge in [0.1, 0.15) is 0 Å². The average molecular weight is 285 g/mol. The van der Waals surface area contributed by atoms with Crippen molar-refractivity contribution in [2.75, 3.05) is 6.54 Å². The number of likely N-dealkylation sites (tertiary alicyclic amines) is 1. The van der Waals surface area contributed by atoms with E-state index in [2.05, 4.69) is 59.2 Å². The van der Waals surface area contributed by atoms with E-state index in [1.54, 1.807) is 0 Å². The van der Waals surface area contributed by atoms with Gasteiger partial charge in [-0.3, -0.25) is 4.90 Å². The van der Waals surface area contributed by atoms with Crippen molar-refractivity contribution in [1.82, 2.24) is 15.0 Å². The monoisotopic (exact) mass is 285 g/mol. The normalized spacial score (nSPS) is 19.5. The first-order chi connectivity index (χ1) is 10.2. The van der Waals surface area contributed by atoms with Crippen LogP contribution in [0.2, 0.25) is 0 Å². The van der Waals surface area contributed by atoms with Crippen LogP contribution in [0.3, 0.4) is 0 Å². The Kier molecular flexibility index (Phi) is 4.34. The predicted molar refractivity (Wildman–Crippen MR) is 81.7 cm³/mol. The highest BCUT2D eigenvalue weighted by Gasteiger charge is 2.27. The van der Waals surface area contributed by atoms with Crippen molar-refractivity contribution in [2.45, 2.75) is 45.7 Å². The minimum Gasteiger partial charge on any atom is -0.338 e. The molecule has 0 amide bonds. The fourth-order valence-electron chi connectivity index (χ4n) is 3.04. The minimum absolute atomic E-state index is 0.478. The van der Waals surface area contributed by atoms with Gasteiger partial charge >= 0.3 is 0 Å². The molecule has 2 aromatic rings. The summed E-state index contributed by atoms with van der Waals surface area (Å²) in [6.07, 6.45) is 3.31. The molecule has 0 N–H and O–H groups in total. The van der Waals surface area contributed by atoms with E-state index in [9.17, 15) is 0 Å². The van der Waals surface area contributed by atoms with Crippen LogP contribution in [0.5, 0.6) is 0 Å². The van der Waals surface area contributed by atoms with Gasteiger partial charge < -0.3 is 4.52 Å². The Hall–Kier alpha value is -1.68. The topological polar surface area (TPSA) is 42.2 Å². The fraction of sp³-hybridized carbons (Fsp3) is 0.529. The molecule has 0 aliphatic carbocycles. The van der Waals surface area contributed by atoms with Gasteiger partial charge in [0.05, 0.1) is 6.54 Å². The van der Waals surface area contributed by atoms with E-state index in [4.69, 9.17) is 4.52 Å². The number of aromatic nitrogens is 2. The molecular weight excluding hydrogens is 262 g/mol. The van der Waals surface area contributed by atoms with E-state index >= 15 is 0 Å². The maximum Gasteiger partial charge on any atom is 0.240 e. The molecule has 0 radical (unpaired) electrons. The molecule has 4 nitrogen and oxygen atoms in total. The van der Waals surface area contributed by atoms with E-state index in [1.165, 1.54) is 18.4 Å². The van der Waals surface area contributed by atoms with Crippen LogP contribution in [0, 0.1) is 5.92 Å². The SMILES string of the molecule is CC(C)Cc1noc(CN2CCCC2c2ccccc2)n1. The molecule has 1 atom stereocenters. The van der Waals surface area contributed by atoms with E-state index in [0.29, 0.717) is 12.0 Å². The number of rotatable bonds is 5. The summed E-state index contributed by atoms with van der Waals surface area (Å²) in [6.45, 7) is 6.19. The van der Waals surface area contributed by atoms with Gasteiger partial charge in [0.15, 0.2) is 5.82 Å². The van der Waals surface area contributed by atoms with E-state index < -0.39 is 0 Å². The molecule has 21 heavy (non-hydrogen) atoms. The molecule has 1 aliphatic rings. The summed E-state index contributed by atoms with van der Waals surface area (Å²) in [5.74, 6) is 2.13. The zero-order chi connectivity index (χ0) is 14.7. The van der Waals surface area contributed by atoms with Gasteiger partial charge in [-0.05, 0) is 30.9 Å². The Morgan fingerprint density at radius 3 is 2.86 bits per heavy atom. The van der Waals surface area contributed by atoms with Gasteiger partial charge in [0, 0.05) is 12.5 Å². The summed E-state index contributed by atoms with van der Waals surface area (Å²) in [7, 11) is 0. The highest BCUT2D eigenvalue weighted by atomic mass is 16.5. The zero-order valence-electron chi connectivity index (χ0n) is 12.8. The highest BCUT2D eigenvalue weighted by molar-refractivity contribution is 5.20. The molecule has 1 fully saturated rings. The lowest BCUT2D eigenvalue weighted by molar-refractivity contribution is 0.212. The third-order valence-electron chi connectivity index (χ3n) is 3.99. The molecule has 1 unspecified atom stereocenters. The second kappa shape index (κ2) is 6.39. The van der Waals surface area contributed by atoms with Crippen molar-refractivity contribution in [3.05, 3.63) is 47.6 Å². The summed E-state index contributed by atoms with van der Waals surface area (Å²) in [6, 6.07) is 11.2. The third kappa shape index (κ3) is 3.50. The second-order valence-electron chi connectivity index (χ2n) is 6.24. The van der Waals surface area contributed by atoms with Crippen molar-refractivity contribution in [3.63, 3.8) is 0 Å². The lowest BCUT2D eigenvalue weighted by Crippen LogP contribution is -2.22. The first-order valence-corrected chi connectivity index (χ1v) is 7.83. The Morgan fingerprint density at radius 1 is 1.29 bits per heavy atom. The Bertz CT molecular complexity index is 564. The quantitative estimate of drug-likeness (QED) is 0.841. The molecular formula is C17H23N3O. The van der Waals surface area contributed by atoms with Crippen molar-refractivity contribution in [2.24, 2.45) is 5.92 Å². The molecule has 1 aromatic carbocycles. The van der Waals surface area contributed by atoms with E-state index in [-0.39, 0.29) is 0 Å². The molecule has 1 aromatic heterocycles. The van der Waals surface area contributed by atoms with Crippen LogP contribution in [-0.2, 0) is 13.0 Å². The van der Waals surface area contributed by atoms with Gasteiger partial charge in [-0.15, -0.1) is 0 Å². The van der Waals surface area contributed by atoms with Crippen LogP contribution in [0.25, 0.3) is 0 Å². The fourth-order valence-corrected chi connectivity index (χ4v) is 3.04. The summed E-state index contributed by atoms with van der Waals surface area (Å²) < 4.78 is 5.41. The van der Waals surface area contributed by atoms with Crippen LogP contribution < -0.4 is 0 Å². The van der Waals surface area contributed by atoms with Crippen molar-refractivity contribution >= 4 is 0 Å². The highest BCUT2D eigenvalue weighted by Crippen LogP contribution is 2.32. The van der Waals surface area contributed by atoms with Gasteiger partial charge in [0.25, 0.3) is 0 Å². The smallest absolute Gasteiger partial charge is 0.240 e. The van der Waals surface area contributed by atoms with Gasteiger partial charge in [-0.2, -0.15) is 4.98 Å². The molecule has 2 heterocycles. The van der Waals surface area contributed by atoms with Crippen LogP contribution >= 0.6 is 0 Å². The first kappa shape index (κ1) is 14.3. The number of hydrogen-bond donors (Lipinski definition) is 0. The molecule has 1 aliphatic heterocycles. The van der Waals surface area contributed by atoms with Crippen molar-refractivity contribution in [1.29, 1.82) is 0 Å². The van der Waals surface area contributed by atoms with Crippen LogP contribution in [0.4, 0.5) is 0 Å². The standard InChI is InChI=1S/C17H23N3O/c1-13(2)11-16-18-17(21-19-16)12-20-10-6-9-15(20)14-7-4-3-5-8-14/h3-5,7-8,13,15H,6,9-12H2,1-2H3. The number of hydrogen-bond acceptors (Lipinski definition) is 4. The zero-order valence-corrected chi connectivity index (χ0v) is 12.8. The molecule has 4 heteroatoms. The number of benzene rings is 1. The van der Waals surface area contributed by atoms with Crippen molar-refractivity contribution in [3.8, 4) is 0 Å². The summed E-state index contributed by atoms with van der Waals surface area (Å²) in [5, 5.41) is 4.08.